The highest BCUT2D eigenvalue weighted by Crippen LogP contribution is 2.58. The van der Waals surface area contributed by atoms with Crippen LogP contribution >= 0.6 is 34.5 Å². The number of benzene rings is 2. The number of carbonyl (C=O) groups excluding carboxylic acids is 2. The van der Waals surface area contributed by atoms with Crippen molar-refractivity contribution in [3.05, 3.63) is 86.3 Å². The van der Waals surface area contributed by atoms with Crippen molar-refractivity contribution in [3.8, 4) is 0 Å². The summed E-state index contributed by atoms with van der Waals surface area (Å²) in [5, 5.41) is 9.14. The molecule has 2 aliphatic heterocycles. The predicted molar refractivity (Wildman–Crippen MR) is 120 cm³/mol. The molecular weight excluding hydrogens is 458 g/mol. The quantitative estimate of drug-likeness (QED) is 0.495. The second-order valence-corrected chi connectivity index (χ2v) is 9.58. The van der Waals surface area contributed by atoms with Gasteiger partial charge >= 0.3 is 0 Å². The van der Waals surface area contributed by atoms with Crippen LogP contribution < -0.4 is 10.6 Å². The largest absolute Gasteiger partial charge is 0.347 e. The summed E-state index contributed by atoms with van der Waals surface area (Å²) in [4.78, 5) is 26.8. The third kappa shape index (κ3) is 2.93. The first kappa shape index (κ1) is 20.5. The molecule has 2 N–H and O–H groups in total. The normalized spacial score (nSPS) is 27.2. The molecule has 3 heterocycles. The van der Waals surface area contributed by atoms with Gasteiger partial charge in [-0.25, -0.2) is 4.39 Å². The Morgan fingerprint density at radius 2 is 1.94 bits per heavy atom. The number of piperidine rings is 1. The van der Waals surface area contributed by atoms with Crippen LogP contribution in [0.3, 0.4) is 0 Å². The number of rotatable bonds is 2. The van der Waals surface area contributed by atoms with E-state index >= 15 is 0 Å². The van der Waals surface area contributed by atoms with Crippen LogP contribution in [0.2, 0.25) is 5.02 Å². The van der Waals surface area contributed by atoms with Gasteiger partial charge in [-0.15, -0.1) is 11.6 Å². The maximum atomic E-state index is 14.3. The summed E-state index contributed by atoms with van der Waals surface area (Å²) in [5.41, 5.74) is 2.06. The molecule has 158 valence electrons. The van der Waals surface area contributed by atoms with E-state index in [9.17, 15) is 14.0 Å². The van der Waals surface area contributed by atoms with Crippen LogP contribution in [0.25, 0.3) is 0 Å². The Morgan fingerprint density at radius 1 is 1.13 bits per heavy atom. The van der Waals surface area contributed by atoms with Crippen molar-refractivity contribution in [3.63, 3.8) is 0 Å². The lowest BCUT2D eigenvalue weighted by Crippen LogP contribution is -2.61. The minimum absolute atomic E-state index is 0.305. The van der Waals surface area contributed by atoms with E-state index in [1.165, 1.54) is 23.5 Å². The molecule has 2 amide bonds. The molecule has 3 aromatic rings. The van der Waals surface area contributed by atoms with E-state index in [0.717, 1.165) is 11.1 Å². The van der Waals surface area contributed by atoms with Crippen molar-refractivity contribution < 1.29 is 14.0 Å². The molecule has 1 spiro atoms. The summed E-state index contributed by atoms with van der Waals surface area (Å²) in [6.45, 7) is 1.83. The molecule has 0 bridgehead atoms. The number of hydrogen-bond acceptors (Lipinski definition) is 3. The molecule has 8 heteroatoms. The number of nitrogens with one attached hydrogen (secondary N) is 2. The maximum Gasteiger partial charge on any atom is 0.239 e. The third-order valence-corrected chi connectivity index (χ3v) is 7.67. The predicted octanol–water partition coefficient (Wildman–Crippen LogP) is 5.30. The van der Waals surface area contributed by atoms with Gasteiger partial charge in [-0.1, -0.05) is 23.7 Å². The minimum atomic E-state index is -1.28. The zero-order valence-corrected chi connectivity index (χ0v) is 18.6. The van der Waals surface area contributed by atoms with Gasteiger partial charge in [0.05, 0.1) is 6.04 Å². The Labute approximate surface area is 192 Å². The van der Waals surface area contributed by atoms with E-state index in [0.29, 0.717) is 21.8 Å². The highest BCUT2D eigenvalue weighted by molar-refractivity contribution is 7.08. The van der Waals surface area contributed by atoms with Gasteiger partial charge in [0.25, 0.3) is 0 Å². The molecule has 0 saturated carbocycles. The third-order valence-electron chi connectivity index (χ3n) is 6.28. The molecule has 4 nitrogen and oxygen atoms in total. The fourth-order valence-electron chi connectivity index (χ4n) is 4.95. The van der Waals surface area contributed by atoms with E-state index < -0.39 is 34.5 Å². The molecule has 1 fully saturated rings. The lowest BCUT2D eigenvalue weighted by atomic mass is 9.59. The second-order valence-electron chi connectivity index (χ2n) is 7.89. The first-order valence-corrected chi connectivity index (χ1v) is 11.4. The van der Waals surface area contributed by atoms with Gasteiger partial charge in [0.15, 0.2) is 0 Å². The topological polar surface area (TPSA) is 58.2 Å². The van der Waals surface area contributed by atoms with E-state index in [1.54, 1.807) is 24.3 Å². The Hall–Kier alpha value is -2.41. The molecular formula is C23H17Cl2FN2O2S. The van der Waals surface area contributed by atoms with Crippen LogP contribution in [0.1, 0.15) is 34.2 Å². The summed E-state index contributed by atoms with van der Waals surface area (Å²) in [7, 11) is 0. The number of alkyl halides is 1. The van der Waals surface area contributed by atoms with Crippen LogP contribution in [0.4, 0.5) is 10.1 Å². The van der Waals surface area contributed by atoms with E-state index in [1.807, 2.05) is 23.8 Å². The number of aryl methyl sites for hydroxylation is 1. The molecule has 0 aliphatic carbocycles. The van der Waals surface area contributed by atoms with Crippen molar-refractivity contribution in [2.24, 2.45) is 0 Å². The summed E-state index contributed by atoms with van der Waals surface area (Å²) in [5.74, 6) is -1.81. The molecule has 1 saturated heterocycles. The molecule has 1 aromatic heterocycles. The van der Waals surface area contributed by atoms with Crippen molar-refractivity contribution in [2.45, 2.75) is 29.7 Å². The Kier molecular flexibility index (Phi) is 4.84. The second kappa shape index (κ2) is 7.33. The fourth-order valence-corrected chi connectivity index (χ4v) is 6.23. The number of amides is 2. The number of hydrogen-bond donors (Lipinski definition) is 2. The molecule has 4 atom stereocenters. The molecule has 31 heavy (non-hydrogen) atoms. The maximum absolute atomic E-state index is 14.3. The van der Waals surface area contributed by atoms with Gasteiger partial charge in [0.2, 0.25) is 11.8 Å². The Bertz CT molecular complexity index is 1220. The van der Waals surface area contributed by atoms with Crippen LogP contribution in [0.15, 0.2) is 53.2 Å². The smallest absolute Gasteiger partial charge is 0.239 e. The number of halogens is 3. The van der Waals surface area contributed by atoms with Gasteiger partial charge < -0.3 is 10.6 Å². The summed E-state index contributed by atoms with van der Waals surface area (Å²) in [6, 6.07) is 10.6. The van der Waals surface area contributed by atoms with Crippen molar-refractivity contribution in [1.29, 1.82) is 0 Å². The SMILES string of the molecule is Cc1ccc(F)cc1[C@H]1NC(=O)[C@@H](Cl)[C@@H](c2ccsc2)[C@]12C(=O)Nc1cc(Cl)ccc12. The highest BCUT2D eigenvalue weighted by atomic mass is 35.5. The van der Waals surface area contributed by atoms with Gasteiger partial charge in [0, 0.05) is 16.6 Å². The van der Waals surface area contributed by atoms with E-state index in [-0.39, 0.29) is 5.91 Å². The molecule has 0 unspecified atom stereocenters. The van der Waals surface area contributed by atoms with Gasteiger partial charge in [-0.05, 0) is 70.3 Å². The highest BCUT2D eigenvalue weighted by Gasteiger charge is 2.64. The molecule has 2 aromatic carbocycles. The average molecular weight is 475 g/mol. The Balaban J connectivity index is 1.86. The number of fused-ring (bicyclic) bond motifs is 2. The first-order valence-electron chi connectivity index (χ1n) is 9.68. The van der Waals surface area contributed by atoms with Crippen molar-refractivity contribution >= 4 is 52.0 Å². The van der Waals surface area contributed by atoms with Crippen molar-refractivity contribution in [2.75, 3.05) is 5.32 Å². The minimum Gasteiger partial charge on any atom is -0.347 e. The van der Waals surface area contributed by atoms with E-state index in [4.69, 9.17) is 23.2 Å². The number of carbonyl (C=O) groups is 2. The van der Waals surface area contributed by atoms with Crippen LogP contribution in [-0.4, -0.2) is 17.2 Å². The van der Waals surface area contributed by atoms with Gasteiger partial charge in [-0.2, -0.15) is 11.3 Å². The van der Waals surface area contributed by atoms with Crippen LogP contribution in [-0.2, 0) is 15.0 Å². The number of anilines is 1. The monoisotopic (exact) mass is 474 g/mol. The standard InChI is InChI=1S/C23H17Cl2FN2O2S/c1-11-2-4-14(26)9-15(11)20-23(16-5-3-13(24)8-17(16)27-22(23)30)18(12-6-7-31-10-12)19(25)21(29)28-20/h2-10,18-20H,1H3,(H,27,30)(H,28,29)/t18-,19+,20-,23+/m1/s1. The zero-order chi connectivity index (χ0) is 21.9. The summed E-state index contributed by atoms with van der Waals surface area (Å²) >= 11 is 14.3. The van der Waals surface area contributed by atoms with Gasteiger partial charge in [0.1, 0.15) is 16.6 Å². The van der Waals surface area contributed by atoms with Gasteiger partial charge in [-0.3, -0.25) is 9.59 Å². The average Bonchev–Trinajstić information content (AvgIpc) is 3.34. The lowest BCUT2D eigenvalue weighted by molar-refractivity contribution is -0.131. The fraction of sp³-hybridized carbons (Fsp3) is 0.217. The van der Waals surface area contributed by atoms with Crippen LogP contribution in [0.5, 0.6) is 0 Å². The lowest BCUT2D eigenvalue weighted by Gasteiger charge is -2.48. The number of thiophene rings is 1. The van der Waals surface area contributed by atoms with E-state index in [2.05, 4.69) is 10.6 Å². The van der Waals surface area contributed by atoms with Crippen molar-refractivity contribution in [1.82, 2.24) is 5.32 Å². The van der Waals surface area contributed by atoms with Crippen LogP contribution in [0, 0.1) is 12.7 Å². The summed E-state index contributed by atoms with van der Waals surface area (Å²) in [6.07, 6.45) is 0. The molecule has 2 aliphatic rings. The zero-order valence-electron chi connectivity index (χ0n) is 16.3. The first-order chi connectivity index (χ1) is 14.8. The summed E-state index contributed by atoms with van der Waals surface area (Å²) < 4.78 is 14.3. The molecule has 5 rings (SSSR count). The molecule has 0 radical (unpaired) electrons. The Morgan fingerprint density at radius 3 is 2.68 bits per heavy atom.